The molecule has 2 nitrogen and oxygen atoms in total. The molecule has 0 heterocycles. The molecule has 1 N–H and O–H groups in total. The van der Waals surface area contributed by atoms with Crippen LogP contribution < -0.4 is 5.32 Å². The molecule has 0 aromatic heterocycles. The Morgan fingerprint density at radius 3 is 2.18 bits per heavy atom. The lowest BCUT2D eigenvalue weighted by molar-refractivity contribution is -0.125. The van der Waals surface area contributed by atoms with Crippen LogP contribution in [0.3, 0.4) is 0 Å². The second kappa shape index (κ2) is 6.78. The van der Waals surface area contributed by atoms with Crippen molar-refractivity contribution in [3.05, 3.63) is 60.2 Å². The maximum absolute atomic E-state index is 12.2. The average Bonchev–Trinajstić information content (AvgIpc) is 3.10. The fourth-order valence-electron chi connectivity index (χ4n) is 3.20. The summed E-state index contributed by atoms with van der Waals surface area (Å²) >= 11 is 0. The van der Waals surface area contributed by atoms with Crippen molar-refractivity contribution < 1.29 is 4.79 Å². The summed E-state index contributed by atoms with van der Waals surface area (Å²) in [7, 11) is 0. The Hall–Kier alpha value is -2.09. The van der Waals surface area contributed by atoms with Crippen molar-refractivity contribution in [1.82, 2.24) is 5.32 Å². The number of benzene rings is 2. The summed E-state index contributed by atoms with van der Waals surface area (Å²) in [6.45, 7) is 2.06. The summed E-state index contributed by atoms with van der Waals surface area (Å²) in [5.74, 6) is 0.447. The third-order valence-corrected chi connectivity index (χ3v) is 4.60. The lowest BCUT2D eigenvalue weighted by atomic mass is 10.0. The van der Waals surface area contributed by atoms with Gasteiger partial charge >= 0.3 is 0 Å². The van der Waals surface area contributed by atoms with Crippen molar-refractivity contribution in [3.8, 4) is 11.1 Å². The molecule has 1 atom stereocenters. The van der Waals surface area contributed by atoms with E-state index >= 15 is 0 Å². The maximum Gasteiger partial charge on any atom is 0.223 e. The molecular weight excluding hydrogens is 270 g/mol. The van der Waals surface area contributed by atoms with Crippen LogP contribution in [-0.2, 0) is 4.79 Å². The standard InChI is InChI=1S/C20H23NO/c1-15(21-20(22)19-9-5-6-10-19)16-11-13-18(14-12-16)17-7-3-2-4-8-17/h2-4,7-8,11-15,19H,5-6,9-10H2,1H3,(H,21,22). The third kappa shape index (κ3) is 3.38. The molecule has 2 heteroatoms. The first-order valence-corrected chi connectivity index (χ1v) is 8.20. The Morgan fingerprint density at radius 1 is 0.955 bits per heavy atom. The van der Waals surface area contributed by atoms with Crippen LogP contribution in [-0.4, -0.2) is 5.91 Å². The highest BCUT2D eigenvalue weighted by atomic mass is 16.1. The normalized spacial score (nSPS) is 16.4. The van der Waals surface area contributed by atoms with Crippen molar-refractivity contribution in [1.29, 1.82) is 0 Å². The zero-order valence-electron chi connectivity index (χ0n) is 13.1. The van der Waals surface area contributed by atoms with Gasteiger partial charge < -0.3 is 5.32 Å². The van der Waals surface area contributed by atoms with E-state index < -0.39 is 0 Å². The summed E-state index contributed by atoms with van der Waals surface area (Å²) in [5.41, 5.74) is 3.58. The third-order valence-electron chi connectivity index (χ3n) is 4.60. The Labute approximate surface area is 132 Å². The molecule has 0 saturated heterocycles. The smallest absolute Gasteiger partial charge is 0.223 e. The Balaban J connectivity index is 1.66. The van der Waals surface area contributed by atoms with Gasteiger partial charge in [-0.25, -0.2) is 0 Å². The highest BCUT2D eigenvalue weighted by Gasteiger charge is 2.23. The van der Waals surface area contributed by atoms with E-state index in [0.29, 0.717) is 0 Å². The predicted octanol–water partition coefficient (Wildman–Crippen LogP) is 4.72. The van der Waals surface area contributed by atoms with E-state index in [1.54, 1.807) is 0 Å². The topological polar surface area (TPSA) is 29.1 Å². The zero-order valence-corrected chi connectivity index (χ0v) is 13.1. The number of carbonyl (C=O) groups is 1. The van der Waals surface area contributed by atoms with Crippen LogP contribution in [0.1, 0.15) is 44.2 Å². The number of hydrogen-bond acceptors (Lipinski definition) is 1. The zero-order chi connectivity index (χ0) is 15.4. The van der Waals surface area contributed by atoms with E-state index in [1.807, 2.05) is 18.2 Å². The van der Waals surface area contributed by atoms with E-state index in [0.717, 1.165) is 18.4 Å². The molecule has 2 aromatic rings. The van der Waals surface area contributed by atoms with Crippen LogP contribution in [0.2, 0.25) is 0 Å². The summed E-state index contributed by atoms with van der Waals surface area (Å²) in [5, 5.41) is 3.16. The van der Waals surface area contributed by atoms with Gasteiger partial charge in [-0.05, 0) is 36.5 Å². The first-order valence-electron chi connectivity index (χ1n) is 8.20. The minimum Gasteiger partial charge on any atom is -0.349 e. The van der Waals surface area contributed by atoms with E-state index in [1.165, 1.54) is 24.0 Å². The van der Waals surface area contributed by atoms with Gasteiger partial charge in [0.15, 0.2) is 0 Å². The van der Waals surface area contributed by atoms with Crippen molar-refractivity contribution >= 4 is 5.91 Å². The minimum absolute atomic E-state index is 0.0675. The summed E-state index contributed by atoms with van der Waals surface area (Å²) < 4.78 is 0. The lowest BCUT2D eigenvalue weighted by Crippen LogP contribution is -2.31. The van der Waals surface area contributed by atoms with E-state index in [2.05, 4.69) is 48.6 Å². The van der Waals surface area contributed by atoms with Gasteiger partial charge in [0, 0.05) is 5.92 Å². The van der Waals surface area contributed by atoms with E-state index in [4.69, 9.17) is 0 Å². The van der Waals surface area contributed by atoms with Gasteiger partial charge in [-0.3, -0.25) is 4.79 Å². The predicted molar refractivity (Wildman–Crippen MR) is 90.4 cm³/mol. The van der Waals surface area contributed by atoms with Gasteiger partial charge in [-0.15, -0.1) is 0 Å². The van der Waals surface area contributed by atoms with Crippen LogP contribution in [0, 0.1) is 5.92 Å². The molecular formula is C20H23NO. The fraction of sp³-hybridized carbons (Fsp3) is 0.350. The van der Waals surface area contributed by atoms with Crippen LogP contribution in [0.4, 0.5) is 0 Å². The highest BCUT2D eigenvalue weighted by Crippen LogP contribution is 2.26. The number of amides is 1. The summed E-state index contributed by atoms with van der Waals surface area (Å²) in [6.07, 6.45) is 4.48. The van der Waals surface area contributed by atoms with Gasteiger partial charge in [0.05, 0.1) is 6.04 Å². The Bertz CT molecular complexity index is 612. The quantitative estimate of drug-likeness (QED) is 0.868. The highest BCUT2D eigenvalue weighted by molar-refractivity contribution is 5.79. The van der Waals surface area contributed by atoms with Gasteiger partial charge in [-0.1, -0.05) is 67.4 Å². The SMILES string of the molecule is CC(NC(=O)C1CCCC1)c1ccc(-c2ccccc2)cc1. The van der Waals surface area contributed by atoms with Crippen LogP contribution in [0.15, 0.2) is 54.6 Å². The Kier molecular flexibility index (Phi) is 4.57. The molecule has 0 spiro atoms. The molecule has 2 aromatic carbocycles. The summed E-state index contributed by atoms with van der Waals surface area (Å²) in [4.78, 5) is 12.2. The molecule has 1 amide bonds. The fourth-order valence-corrected chi connectivity index (χ4v) is 3.20. The van der Waals surface area contributed by atoms with Gasteiger partial charge in [0.25, 0.3) is 0 Å². The monoisotopic (exact) mass is 293 g/mol. The first-order chi connectivity index (χ1) is 10.7. The van der Waals surface area contributed by atoms with Crippen molar-refractivity contribution in [2.24, 2.45) is 5.92 Å². The molecule has 0 bridgehead atoms. The number of nitrogens with one attached hydrogen (secondary N) is 1. The largest absolute Gasteiger partial charge is 0.349 e. The number of carbonyl (C=O) groups excluding carboxylic acids is 1. The molecule has 114 valence electrons. The molecule has 0 aliphatic heterocycles. The molecule has 1 aliphatic rings. The molecule has 3 rings (SSSR count). The van der Waals surface area contributed by atoms with E-state index in [-0.39, 0.29) is 17.9 Å². The molecule has 1 aliphatic carbocycles. The molecule has 1 fully saturated rings. The van der Waals surface area contributed by atoms with Crippen LogP contribution in [0.5, 0.6) is 0 Å². The second-order valence-electron chi connectivity index (χ2n) is 6.20. The number of rotatable bonds is 4. The summed E-state index contributed by atoms with van der Waals surface area (Å²) in [6, 6.07) is 18.9. The second-order valence-corrected chi connectivity index (χ2v) is 6.20. The van der Waals surface area contributed by atoms with Crippen LogP contribution in [0.25, 0.3) is 11.1 Å². The number of hydrogen-bond donors (Lipinski definition) is 1. The van der Waals surface area contributed by atoms with Crippen molar-refractivity contribution in [2.45, 2.75) is 38.6 Å². The van der Waals surface area contributed by atoms with Crippen molar-refractivity contribution in [2.75, 3.05) is 0 Å². The van der Waals surface area contributed by atoms with Gasteiger partial charge in [0.2, 0.25) is 5.91 Å². The minimum atomic E-state index is 0.0675. The average molecular weight is 293 g/mol. The van der Waals surface area contributed by atoms with Gasteiger partial charge in [-0.2, -0.15) is 0 Å². The maximum atomic E-state index is 12.2. The first kappa shape index (κ1) is 14.8. The van der Waals surface area contributed by atoms with Gasteiger partial charge in [0.1, 0.15) is 0 Å². The van der Waals surface area contributed by atoms with Crippen LogP contribution >= 0.6 is 0 Å². The van der Waals surface area contributed by atoms with Crippen molar-refractivity contribution in [3.63, 3.8) is 0 Å². The van der Waals surface area contributed by atoms with E-state index in [9.17, 15) is 4.79 Å². The Morgan fingerprint density at radius 2 is 1.55 bits per heavy atom. The lowest BCUT2D eigenvalue weighted by Gasteiger charge is -2.17. The molecule has 1 saturated carbocycles. The molecule has 1 unspecified atom stereocenters. The molecule has 0 radical (unpaired) electrons. The molecule has 22 heavy (non-hydrogen) atoms.